The van der Waals surface area contributed by atoms with Crippen LogP contribution in [0.1, 0.15) is 6.42 Å². The Bertz CT molecular complexity index is 79.6. The monoisotopic (exact) mass is 254 g/mol. The second kappa shape index (κ2) is 16.5. The van der Waals surface area contributed by atoms with Gasteiger partial charge in [-0.2, -0.15) is 6.08 Å². The van der Waals surface area contributed by atoms with E-state index in [-0.39, 0.29) is 39.0 Å². The van der Waals surface area contributed by atoms with Gasteiger partial charge in [-0.05, 0) is 0 Å². The fourth-order valence-electron chi connectivity index (χ4n) is 0.340. The minimum atomic E-state index is 0. The summed E-state index contributed by atoms with van der Waals surface area (Å²) in [5, 5.41) is 0.194. The van der Waals surface area contributed by atoms with Gasteiger partial charge in [-0.15, -0.1) is 29.6 Å². The summed E-state index contributed by atoms with van der Waals surface area (Å²) >= 11 is 9.53. The number of halogens is 2. The van der Waals surface area contributed by atoms with Gasteiger partial charge < -0.3 is 7.43 Å². The van der Waals surface area contributed by atoms with Crippen LogP contribution in [0.5, 0.6) is 0 Å². The van der Waals surface area contributed by atoms with E-state index in [1.807, 2.05) is 12.2 Å². The first-order valence-electron chi connectivity index (χ1n) is 2.25. The molecule has 0 fully saturated rings. The first-order valence-corrected chi connectivity index (χ1v) is 3.32. The molecule has 0 saturated carbocycles. The topological polar surface area (TPSA) is 0 Å². The normalized spacial score (nSPS) is 10.6. The van der Waals surface area contributed by atoms with Gasteiger partial charge in [0.05, 0.1) is 5.34 Å². The molecule has 0 amide bonds. The third kappa shape index (κ3) is 16.0. The zero-order chi connectivity index (χ0) is 6.24. The molecular formula is C7H10Cl2Zr. The van der Waals surface area contributed by atoms with Crippen molar-refractivity contribution in [2.45, 2.75) is 6.42 Å². The van der Waals surface area contributed by atoms with Crippen molar-refractivity contribution >= 4 is 23.2 Å². The van der Waals surface area contributed by atoms with Crippen LogP contribution in [-0.4, -0.2) is 5.34 Å². The molecule has 0 nitrogen and oxygen atoms in total. The van der Waals surface area contributed by atoms with Crippen LogP contribution in [0.15, 0.2) is 18.2 Å². The molecule has 0 aromatic carbocycles. The van der Waals surface area contributed by atoms with Crippen molar-refractivity contribution in [1.82, 2.24) is 0 Å². The van der Waals surface area contributed by atoms with E-state index in [4.69, 9.17) is 23.2 Å². The number of alkyl halides is 2. The molecule has 0 saturated heterocycles. The fourth-order valence-corrected chi connectivity index (χ4v) is 0.340. The smallest absolute Gasteiger partial charge is 0.358 e. The number of hydrogen-bond donors (Lipinski definition) is 0. The summed E-state index contributed by atoms with van der Waals surface area (Å²) in [4.78, 5) is 0. The molecule has 0 spiro atoms. The van der Waals surface area contributed by atoms with Crippen molar-refractivity contribution in [3.8, 4) is 0 Å². The molecule has 56 valence electrons. The fraction of sp³-hybridized carbons (Fsp3) is 0.286. The Morgan fingerprint density at radius 2 is 1.90 bits per heavy atom. The van der Waals surface area contributed by atoms with Gasteiger partial charge in [-0.3, -0.25) is 6.08 Å². The van der Waals surface area contributed by atoms with Crippen LogP contribution in [0.2, 0.25) is 0 Å². The number of rotatable bonds is 0. The molecule has 0 bridgehead atoms. The van der Waals surface area contributed by atoms with Gasteiger partial charge in [-0.1, -0.05) is 0 Å². The molecule has 10 heavy (non-hydrogen) atoms. The molecule has 0 radical (unpaired) electrons. The van der Waals surface area contributed by atoms with Crippen LogP contribution in [0.3, 0.4) is 0 Å². The molecule has 0 aromatic rings. The maximum absolute atomic E-state index is 4.76. The Balaban J connectivity index is -0.0000000900. The van der Waals surface area contributed by atoms with Crippen LogP contribution in [-0.2, 0) is 26.2 Å². The van der Waals surface area contributed by atoms with E-state index >= 15 is 0 Å². The van der Waals surface area contributed by atoms with Crippen molar-refractivity contribution in [1.29, 1.82) is 0 Å². The summed E-state index contributed by atoms with van der Waals surface area (Å²) in [5.41, 5.74) is 0. The van der Waals surface area contributed by atoms with E-state index in [0.717, 1.165) is 6.42 Å². The molecule has 1 rings (SSSR count). The van der Waals surface area contributed by atoms with E-state index in [9.17, 15) is 0 Å². The van der Waals surface area contributed by atoms with Crippen LogP contribution < -0.4 is 0 Å². The van der Waals surface area contributed by atoms with Crippen LogP contribution in [0.4, 0.5) is 0 Å². The molecule has 3 heteroatoms. The molecule has 1 aliphatic carbocycles. The van der Waals surface area contributed by atoms with Crippen molar-refractivity contribution in [2.75, 3.05) is 5.34 Å². The maximum atomic E-state index is 4.76. The zero-order valence-corrected chi connectivity index (χ0v) is 9.87. The molecular weight excluding hydrogens is 246 g/mol. The molecule has 0 N–H and O–H groups in total. The maximum Gasteiger partial charge on any atom is 2.00 e. The van der Waals surface area contributed by atoms with Gasteiger partial charge >= 0.3 is 26.2 Å². The summed E-state index contributed by atoms with van der Waals surface area (Å²) in [6, 6.07) is 0. The summed E-state index contributed by atoms with van der Waals surface area (Å²) in [7, 11) is 0. The zero-order valence-electron chi connectivity index (χ0n) is 5.90. The Labute approximate surface area is 92.4 Å². The minimum Gasteiger partial charge on any atom is -0.358 e. The van der Waals surface area contributed by atoms with E-state index < -0.39 is 0 Å². The van der Waals surface area contributed by atoms with Gasteiger partial charge in [0.2, 0.25) is 0 Å². The number of allylic oxidation sites excluding steroid dienone is 4. The molecule has 0 aliphatic heterocycles. The first kappa shape index (κ1) is 17.1. The van der Waals surface area contributed by atoms with Crippen molar-refractivity contribution in [3.05, 3.63) is 31.7 Å². The average Bonchev–Trinajstić information content (AvgIpc) is 2.17. The molecule has 0 heterocycles. The standard InChI is InChI=1S/C5H5.CH2Cl2.CH3.Zr/c1-2-4-5-3-1;2-1-3;;/h1-3H,4H2;1H2;1H3;/q-1;;-1;+2. The van der Waals surface area contributed by atoms with Gasteiger partial charge in [0.15, 0.2) is 0 Å². The third-order valence-electron chi connectivity index (χ3n) is 0.586. The average molecular weight is 256 g/mol. The Morgan fingerprint density at radius 3 is 2.00 bits per heavy atom. The van der Waals surface area contributed by atoms with E-state index in [1.165, 1.54) is 0 Å². The van der Waals surface area contributed by atoms with Crippen molar-refractivity contribution in [2.24, 2.45) is 0 Å². The Morgan fingerprint density at radius 1 is 1.40 bits per heavy atom. The van der Waals surface area contributed by atoms with E-state index in [2.05, 4.69) is 12.2 Å². The van der Waals surface area contributed by atoms with Crippen molar-refractivity contribution < 1.29 is 26.2 Å². The van der Waals surface area contributed by atoms with Crippen LogP contribution in [0.25, 0.3) is 0 Å². The SMILES string of the molecule is ClCCl.[C-]1=CC=CC1.[CH3-].[Zr+2]. The van der Waals surface area contributed by atoms with E-state index in [1.54, 1.807) is 0 Å². The van der Waals surface area contributed by atoms with Gasteiger partial charge in [0.25, 0.3) is 0 Å². The van der Waals surface area contributed by atoms with Crippen LogP contribution >= 0.6 is 23.2 Å². The largest absolute Gasteiger partial charge is 2.00 e. The van der Waals surface area contributed by atoms with Gasteiger partial charge in [0, 0.05) is 0 Å². The predicted molar refractivity (Wildman–Crippen MR) is 44.6 cm³/mol. The quantitative estimate of drug-likeness (QED) is 0.461. The third-order valence-corrected chi connectivity index (χ3v) is 0.586. The van der Waals surface area contributed by atoms with Crippen LogP contribution in [0, 0.1) is 13.5 Å². The summed E-state index contributed by atoms with van der Waals surface area (Å²) in [5.74, 6) is 0. The van der Waals surface area contributed by atoms with Gasteiger partial charge in [0.1, 0.15) is 0 Å². The van der Waals surface area contributed by atoms with Crippen molar-refractivity contribution in [3.63, 3.8) is 0 Å². The molecule has 0 unspecified atom stereocenters. The summed E-state index contributed by atoms with van der Waals surface area (Å²) in [6.07, 6.45) is 10.0. The first-order chi connectivity index (χ1) is 3.91. The molecule has 0 aromatic heterocycles. The predicted octanol–water partition coefficient (Wildman–Crippen LogP) is 3.17. The summed E-state index contributed by atoms with van der Waals surface area (Å²) in [6.45, 7) is 0. The van der Waals surface area contributed by atoms with E-state index in [0.29, 0.717) is 0 Å². The second-order valence-corrected chi connectivity index (χ2v) is 1.91. The van der Waals surface area contributed by atoms with Gasteiger partial charge in [-0.25, -0.2) is 12.2 Å². The molecule has 0 atom stereocenters. The second-order valence-electron chi connectivity index (χ2n) is 1.10. The Kier molecular flexibility index (Phi) is 28.3. The summed E-state index contributed by atoms with van der Waals surface area (Å²) < 4.78 is 0. The minimum absolute atomic E-state index is 0. The Hall–Kier alpha value is 0.943. The number of hydrogen-bond acceptors (Lipinski definition) is 0. The molecule has 1 aliphatic rings.